The highest BCUT2D eigenvalue weighted by Gasteiger charge is 2.24. The first-order valence-corrected chi connectivity index (χ1v) is 9.32. The van der Waals surface area contributed by atoms with Gasteiger partial charge in [-0.05, 0) is 45.6 Å². The lowest BCUT2D eigenvalue weighted by Crippen LogP contribution is -2.31. The highest BCUT2D eigenvalue weighted by atomic mass is 16.3. The summed E-state index contributed by atoms with van der Waals surface area (Å²) in [5.74, 6) is 0. The predicted octanol–water partition coefficient (Wildman–Crippen LogP) is 2.80. The van der Waals surface area contributed by atoms with Crippen molar-refractivity contribution in [3.8, 4) is 0 Å². The van der Waals surface area contributed by atoms with Crippen molar-refractivity contribution in [3.05, 3.63) is 47.8 Å². The smallest absolute Gasteiger partial charge is 0.0968 e. The Morgan fingerprint density at radius 1 is 1.00 bits per heavy atom. The largest absolute Gasteiger partial charge is 0.395 e. The Morgan fingerprint density at radius 3 is 2.27 bits per heavy atom. The van der Waals surface area contributed by atoms with Crippen LogP contribution >= 0.6 is 0 Å². The Morgan fingerprint density at radius 2 is 1.62 bits per heavy atom. The zero-order valence-corrected chi connectivity index (χ0v) is 15.5. The van der Waals surface area contributed by atoms with E-state index in [1.54, 1.807) is 0 Å². The van der Waals surface area contributed by atoms with Gasteiger partial charge in [-0.25, -0.2) is 9.97 Å². The molecular formula is C21H26N4O. The van der Waals surface area contributed by atoms with Crippen molar-refractivity contribution in [1.82, 2.24) is 19.8 Å². The standard InChI is InChI=1S/C21H26N4O/c1-24(2)12-17-9-7-15-5-6-16-8-10-18(23-21(16)20(15)22-17)13-25-11-3-4-19(25)14-26/h5-10,19,26H,3-4,11-14H2,1-2H3/t19-/m0/s1. The van der Waals surface area contributed by atoms with Crippen molar-refractivity contribution in [3.63, 3.8) is 0 Å². The second kappa shape index (κ2) is 7.27. The summed E-state index contributed by atoms with van der Waals surface area (Å²) < 4.78 is 0. The summed E-state index contributed by atoms with van der Waals surface area (Å²) in [6, 6.07) is 13.0. The molecule has 1 saturated heterocycles. The zero-order chi connectivity index (χ0) is 18.1. The second-order valence-corrected chi connectivity index (χ2v) is 7.50. The van der Waals surface area contributed by atoms with Crippen LogP contribution in [-0.4, -0.2) is 58.2 Å². The maximum atomic E-state index is 9.55. The topological polar surface area (TPSA) is 52.5 Å². The van der Waals surface area contributed by atoms with Gasteiger partial charge in [0.15, 0.2) is 0 Å². The molecule has 5 nitrogen and oxygen atoms in total. The summed E-state index contributed by atoms with van der Waals surface area (Å²) in [5, 5.41) is 11.8. The van der Waals surface area contributed by atoms with Crippen molar-refractivity contribution in [2.75, 3.05) is 27.2 Å². The average molecular weight is 350 g/mol. The Balaban J connectivity index is 1.73. The second-order valence-electron chi connectivity index (χ2n) is 7.50. The van der Waals surface area contributed by atoms with E-state index in [0.29, 0.717) is 0 Å². The minimum Gasteiger partial charge on any atom is -0.395 e. The molecule has 1 N–H and O–H groups in total. The number of aliphatic hydroxyl groups is 1. The molecule has 1 aliphatic rings. The number of pyridine rings is 2. The van der Waals surface area contributed by atoms with Gasteiger partial charge >= 0.3 is 0 Å². The first kappa shape index (κ1) is 17.3. The van der Waals surface area contributed by atoms with Gasteiger partial charge in [0.05, 0.1) is 29.0 Å². The number of likely N-dealkylation sites (tertiary alicyclic amines) is 1. The Bertz CT molecular complexity index is 924. The molecule has 4 rings (SSSR count). The normalized spacial score (nSPS) is 18.4. The molecule has 0 bridgehead atoms. The van der Waals surface area contributed by atoms with Crippen LogP contribution in [0.1, 0.15) is 24.2 Å². The summed E-state index contributed by atoms with van der Waals surface area (Å²) in [5.41, 5.74) is 4.05. The van der Waals surface area contributed by atoms with Gasteiger partial charge in [0.25, 0.3) is 0 Å². The fourth-order valence-electron chi connectivity index (χ4n) is 3.87. The highest BCUT2D eigenvalue weighted by molar-refractivity contribution is 6.02. The summed E-state index contributed by atoms with van der Waals surface area (Å²) >= 11 is 0. The van der Waals surface area contributed by atoms with E-state index in [2.05, 4.69) is 60.3 Å². The maximum Gasteiger partial charge on any atom is 0.0968 e. The molecule has 0 unspecified atom stereocenters. The van der Waals surface area contributed by atoms with Gasteiger partial charge < -0.3 is 10.0 Å². The molecule has 3 aromatic rings. The highest BCUT2D eigenvalue weighted by Crippen LogP contribution is 2.25. The van der Waals surface area contributed by atoms with E-state index in [9.17, 15) is 5.11 Å². The van der Waals surface area contributed by atoms with Crippen LogP contribution in [0.5, 0.6) is 0 Å². The summed E-state index contributed by atoms with van der Waals surface area (Å²) in [4.78, 5) is 14.3. The van der Waals surface area contributed by atoms with Gasteiger partial charge in [0.2, 0.25) is 0 Å². The lowest BCUT2D eigenvalue weighted by Gasteiger charge is -2.22. The molecule has 1 aliphatic heterocycles. The zero-order valence-electron chi connectivity index (χ0n) is 15.5. The van der Waals surface area contributed by atoms with Gasteiger partial charge in [0.1, 0.15) is 0 Å². The van der Waals surface area contributed by atoms with Crippen LogP contribution in [0, 0.1) is 0 Å². The van der Waals surface area contributed by atoms with Crippen LogP contribution in [-0.2, 0) is 13.1 Å². The third kappa shape index (κ3) is 3.43. The number of aromatic nitrogens is 2. The predicted molar refractivity (Wildman–Crippen MR) is 105 cm³/mol. The van der Waals surface area contributed by atoms with E-state index in [1.807, 2.05) is 0 Å². The van der Waals surface area contributed by atoms with E-state index < -0.39 is 0 Å². The molecule has 0 aliphatic carbocycles. The maximum absolute atomic E-state index is 9.55. The van der Waals surface area contributed by atoms with E-state index in [0.717, 1.165) is 65.7 Å². The number of benzene rings is 1. The van der Waals surface area contributed by atoms with Gasteiger partial charge in [-0.2, -0.15) is 0 Å². The summed E-state index contributed by atoms with van der Waals surface area (Å²) in [6.45, 7) is 2.87. The van der Waals surface area contributed by atoms with Gasteiger partial charge in [-0.15, -0.1) is 0 Å². The number of hydrogen-bond donors (Lipinski definition) is 1. The third-order valence-electron chi connectivity index (χ3n) is 5.19. The first-order chi connectivity index (χ1) is 12.6. The molecule has 3 heterocycles. The van der Waals surface area contributed by atoms with Crippen LogP contribution in [0.4, 0.5) is 0 Å². The van der Waals surface area contributed by atoms with Gasteiger partial charge in [-0.1, -0.05) is 24.3 Å². The molecule has 0 saturated carbocycles. The SMILES string of the molecule is CN(C)Cc1ccc2ccc3ccc(CN4CCC[C@H]4CO)nc3c2n1. The number of hydrogen-bond acceptors (Lipinski definition) is 5. The van der Waals surface area contributed by atoms with E-state index >= 15 is 0 Å². The monoisotopic (exact) mass is 350 g/mol. The van der Waals surface area contributed by atoms with E-state index in [-0.39, 0.29) is 12.6 Å². The Labute approximate surface area is 154 Å². The molecule has 0 spiro atoms. The number of aliphatic hydroxyl groups excluding tert-OH is 1. The van der Waals surface area contributed by atoms with E-state index in [1.165, 1.54) is 0 Å². The third-order valence-corrected chi connectivity index (χ3v) is 5.19. The molecule has 136 valence electrons. The van der Waals surface area contributed by atoms with Crippen LogP contribution < -0.4 is 0 Å². The molecule has 2 aromatic heterocycles. The molecule has 0 radical (unpaired) electrons. The average Bonchev–Trinajstić information content (AvgIpc) is 3.08. The molecule has 26 heavy (non-hydrogen) atoms. The molecule has 5 heteroatoms. The fraction of sp³-hybridized carbons (Fsp3) is 0.429. The lowest BCUT2D eigenvalue weighted by atomic mass is 10.1. The summed E-state index contributed by atoms with van der Waals surface area (Å²) in [6.07, 6.45) is 2.22. The quantitative estimate of drug-likeness (QED) is 0.717. The summed E-state index contributed by atoms with van der Waals surface area (Å²) in [7, 11) is 4.11. The number of nitrogens with zero attached hydrogens (tertiary/aromatic N) is 4. The van der Waals surface area contributed by atoms with Gasteiger partial charge in [0, 0.05) is 29.9 Å². The minimum atomic E-state index is 0.228. The first-order valence-electron chi connectivity index (χ1n) is 9.32. The molecule has 1 aromatic carbocycles. The molecular weight excluding hydrogens is 324 g/mol. The minimum absolute atomic E-state index is 0.228. The lowest BCUT2D eigenvalue weighted by molar-refractivity contribution is 0.152. The Hall–Kier alpha value is -2.08. The van der Waals surface area contributed by atoms with Crippen LogP contribution in [0.15, 0.2) is 36.4 Å². The van der Waals surface area contributed by atoms with E-state index in [4.69, 9.17) is 9.97 Å². The molecule has 0 amide bonds. The van der Waals surface area contributed by atoms with Gasteiger partial charge in [-0.3, -0.25) is 4.90 Å². The van der Waals surface area contributed by atoms with Crippen molar-refractivity contribution in [1.29, 1.82) is 0 Å². The van der Waals surface area contributed by atoms with Crippen molar-refractivity contribution in [2.45, 2.75) is 32.0 Å². The van der Waals surface area contributed by atoms with Crippen molar-refractivity contribution >= 4 is 21.8 Å². The number of fused-ring (bicyclic) bond motifs is 3. The fourth-order valence-corrected chi connectivity index (χ4v) is 3.87. The van der Waals surface area contributed by atoms with Crippen LogP contribution in [0.3, 0.4) is 0 Å². The number of rotatable bonds is 5. The van der Waals surface area contributed by atoms with Crippen LogP contribution in [0.25, 0.3) is 21.8 Å². The molecule has 1 fully saturated rings. The Kier molecular flexibility index (Phi) is 4.85. The van der Waals surface area contributed by atoms with Crippen molar-refractivity contribution < 1.29 is 5.11 Å². The van der Waals surface area contributed by atoms with Crippen molar-refractivity contribution in [2.24, 2.45) is 0 Å². The van der Waals surface area contributed by atoms with Crippen LogP contribution in [0.2, 0.25) is 0 Å². The molecule has 1 atom stereocenters.